The molecule has 2 N–H and O–H groups in total. The Balaban J connectivity index is 1.46. The number of nitrogens with one attached hydrogen (secondary N) is 1. The standard InChI is InChI=1S/C21H24ClN5O5S/c1-12(2)26-7-5-13(6-8-26)23-20(28)15-10-19(31-21(29)30)27(24-15)11-14-9-16(32-25-14)17-3-4-18(22)33-17/h3-4,9-10,12-13H,5-8,11H2,1-2H3,(H,23,28)(H,29,30). The molecule has 10 nitrogen and oxygen atoms in total. The van der Waals surface area contributed by atoms with Gasteiger partial charge < -0.3 is 24.6 Å². The molecule has 0 radical (unpaired) electrons. The predicted molar refractivity (Wildman–Crippen MR) is 122 cm³/mol. The number of amides is 1. The number of aromatic nitrogens is 3. The highest BCUT2D eigenvalue weighted by Gasteiger charge is 2.25. The second-order valence-electron chi connectivity index (χ2n) is 8.06. The van der Waals surface area contributed by atoms with Crippen LogP contribution in [-0.4, -0.2) is 62.2 Å². The summed E-state index contributed by atoms with van der Waals surface area (Å²) in [6.45, 7) is 6.19. The summed E-state index contributed by atoms with van der Waals surface area (Å²) in [5.41, 5.74) is 0.562. The minimum Gasteiger partial charge on any atom is -0.449 e. The highest BCUT2D eigenvalue weighted by molar-refractivity contribution is 7.19. The lowest BCUT2D eigenvalue weighted by Crippen LogP contribution is -2.46. The van der Waals surface area contributed by atoms with E-state index in [-0.39, 0.29) is 30.1 Å². The highest BCUT2D eigenvalue weighted by atomic mass is 35.5. The summed E-state index contributed by atoms with van der Waals surface area (Å²) in [5, 5.41) is 20.3. The highest BCUT2D eigenvalue weighted by Crippen LogP contribution is 2.31. The fraction of sp³-hybridized carbons (Fsp3) is 0.429. The van der Waals surface area contributed by atoms with Gasteiger partial charge in [0.1, 0.15) is 5.69 Å². The molecule has 4 heterocycles. The molecule has 0 unspecified atom stereocenters. The van der Waals surface area contributed by atoms with E-state index in [0.29, 0.717) is 21.8 Å². The van der Waals surface area contributed by atoms with Gasteiger partial charge in [-0.05, 0) is 38.8 Å². The van der Waals surface area contributed by atoms with Crippen LogP contribution in [0.4, 0.5) is 4.79 Å². The summed E-state index contributed by atoms with van der Waals surface area (Å²) >= 11 is 7.32. The maximum Gasteiger partial charge on any atom is 0.512 e. The minimum atomic E-state index is -1.50. The van der Waals surface area contributed by atoms with Gasteiger partial charge in [-0.1, -0.05) is 16.8 Å². The molecule has 1 fully saturated rings. The normalized spacial score (nSPS) is 15.2. The SMILES string of the molecule is CC(C)N1CCC(NC(=O)c2cc(OC(=O)O)n(Cc3cc(-c4ccc(Cl)s4)on3)n2)CC1. The van der Waals surface area contributed by atoms with Crippen LogP contribution in [0.5, 0.6) is 5.88 Å². The van der Waals surface area contributed by atoms with Crippen LogP contribution in [-0.2, 0) is 6.54 Å². The van der Waals surface area contributed by atoms with Gasteiger partial charge in [-0.3, -0.25) is 4.79 Å². The summed E-state index contributed by atoms with van der Waals surface area (Å²) in [7, 11) is 0. The first-order chi connectivity index (χ1) is 15.8. The number of piperidine rings is 1. The summed E-state index contributed by atoms with van der Waals surface area (Å²) < 4.78 is 12.1. The number of likely N-dealkylation sites (tertiary alicyclic amines) is 1. The topological polar surface area (TPSA) is 123 Å². The molecule has 0 aromatic carbocycles. The fourth-order valence-corrected chi connectivity index (χ4v) is 4.71. The number of carbonyl (C=O) groups is 2. The molecule has 1 aliphatic heterocycles. The number of thiophene rings is 1. The molecular formula is C21H24ClN5O5S. The number of nitrogens with zero attached hydrogens (tertiary/aromatic N) is 4. The van der Waals surface area contributed by atoms with E-state index < -0.39 is 6.16 Å². The Bertz CT molecular complexity index is 1130. The van der Waals surface area contributed by atoms with Crippen LogP contribution in [0.1, 0.15) is 42.9 Å². The van der Waals surface area contributed by atoms with E-state index in [2.05, 4.69) is 34.3 Å². The van der Waals surface area contributed by atoms with E-state index in [1.807, 2.05) is 6.07 Å². The van der Waals surface area contributed by atoms with Crippen molar-refractivity contribution >= 4 is 35.0 Å². The van der Waals surface area contributed by atoms with Crippen LogP contribution in [0.15, 0.2) is 28.8 Å². The lowest BCUT2D eigenvalue weighted by molar-refractivity contribution is 0.0894. The van der Waals surface area contributed by atoms with Crippen molar-refractivity contribution in [1.29, 1.82) is 0 Å². The molecule has 0 spiro atoms. The lowest BCUT2D eigenvalue weighted by atomic mass is 10.0. The number of rotatable bonds is 7. The monoisotopic (exact) mass is 493 g/mol. The van der Waals surface area contributed by atoms with Gasteiger partial charge in [0, 0.05) is 37.3 Å². The van der Waals surface area contributed by atoms with Crippen LogP contribution in [0.25, 0.3) is 10.6 Å². The van der Waals surface area contributed by atoms with Gasteiger partial charge in [-0.15, -0.1) is 11.3 Å². The van der Waals surface area contributed by atoms with E-state index in [1.54, 1.807) is 12.1 Å². The Hall–Kier alpha value is -2.89. The Labute approximate surface area is 199 Å². The largest absolute Gasteiger partial charge is 0.512 e. The zero-order valence-electron chi connectivity index (χ0n) is 18.2. The van der Waals surface area contributed by atoms with Gasteiger partial charge in [0.2, 0.25) is 5.88 Å². The van der Waals surface area contributed by atoms with Gasteiger partial charge >= 0.3 is 6.16 Å². The van der Waals surface area contributed by atoms with Crippen molar-refractivity contribution in [2.75, 3.05) is 13.1 Å². The third-order valence-corrected chi connectivity index (χ3v) is 6.70. The molecule has 0 saturated carbocycles. The summed E-state index contributed by atoms with van der Waals surface area (Å²) in [5.74, 6) is 0.0764. The van der Waals surface area contributed by atoms with Crippen molar-refractivity contribution in [2.24, 2.45) is 0 Å². The Morgan fingerprint density at radius 3 is 2.73 bits per heavy atom. The third-order valence-electron chi connectivity index (χ3n) is 5.45. The average molecular weight is 494 g/mol. The van der Waals surface area contributed by atoms with Gasteiger partial charge in [-0.25, -0.2) is 9.48 Å². The van der Waals surface area contributed by atoms with E-state index in [1.165, 1.54) is 22.1 Å². The number of carbonyl (C=O) groups excluding carboxylic acids is 1. The molecule has 1 saturated heterocycles. The average Bonchev–Trinajstić information content (AvgIpc) is 3.49. The molecule has 0 aliphatic carbocycles. The van der Waals surface area contributed by atoms with Crippen LogP contribution in [0.2, 0.25) is 4.34 Å². The molecule has 3 aromatic rings. The Kier molecular flexibility index (Phi) is 7.01. The Morgan fingerprint density at radius 2 is 2.09 bits per heavy atom. The van der Waals surface area contributed by atoms with Crippen LogP contribution in [0, 0.1) is 0 Å². The van der Waals surface area contributed by atoms with Crippen molar-refractivity contribution < 1.29 is 24.0 Å². The molecule has 12 heteroatoms. The van der Waals surface area contributed by atoms with E-state index >= 15 is 0 Å². The number of ether oxygens (including phenoxy) is 1. The second kappa shape index (κ2) is 9.94. The molecular weight excluding hydrogens is 470 g/mol. The Morgan fingerprint density at radius 1 is 1.33 bits per heavy atom. The number of hydrogen-bond acceptors (Lipinski definition) is 8. The molecule has 4 rings (SSSR count). The second-order valence-corrected chi connectivity index (χ2v) is 9.77. The number of halogens is 1. The van der Waals surface area contributed by atoms with E-state index in [0.717, 1.165) is 30.8 Å². The third kappa shape index (κ3) is 5.73. The first kappa shape index (κ1) is 23.3. The predicted octanol–water partition coefficient (Wildman–Crippen LogP) is 3.96. The van der Waals surface area contributed by atoms with Crippen molar-refractivity contribution in [2.45, 2.75) is 45.3 Å². The molecule has 0 atom stereocenters. The first-order valence-corrected chi connectivity index (χ1v) is 11.7. The van der Waals surface area contributed by atoms with Gasteiger partial charge in [0.25, 0.3) is 5.91 Å². The maximum absolute atomic E-state index is 12.8. The fourth-order valence-electron chi connectivity index (χ4n) is 3.72. The van der Waals surface area contributed by atoms with Crippen molar-refractivity contribution in [3.05, 3.63) is 40.0 Å². The lowest BCUT2D eigenvalue weighted by Gasteiger charge is -2.34. The molecule has 1 aliphatic rings. The minimum absolute atomic E-state index is 0.0391. The number of hydrogen-bond donors (Lipinski definition) is 2. The van der Waals surface area contributed by atoms with Crippen LogP contribution < -0.4 is 10.1 Å². The molecule has 33 heavy (non-hydrogen) atoms. The first-order valence-electron chi connectivity index (χ1n) is 10.5. The zero-order valence-corrected chi connectivity index (χ0v) is 19.7. The zero-order chi connectivity index (χ0) is 23.5. The maximum atomic E-state index is 12.8. The quantitative estimate of drug-likeness (QED) is 0.474. The molecule has 0 bridgehead atoms. The van der Waals surface area contributed by atoms with Gasteiger partial charge in [0.05, 0.1) is 15.8 Å². The molecule has 1 amide bonds. The summed E-state index contributed by atoms with van der Waals surface area (Å²) in [4.78, 5) is 27.1. The van der Waals surface area contributed by atoms with Crippen LogP contribution >= 0.6 is 22.9 Å². The van der Waals surface area contributed by atoms with Gasteiger partial charge in [-0.2, -0.15) is 5.10 Å². The van der Waals surface area contributed by atoms with Gasteiger partial charge in [0.15, 0.2) is 11.5 Å². The molecule has 3 aromatic heterocycles. The van der Waals surface area contributed by atoms with Crippen molar-refractivity contribution in [3.63, 3.8) is 0 Å². The molecule has 176 valence electrons. The van der Waals surface area contributed by atoms with E-state index in [4.69, 9.17) is 26.0 Å². The summed E-state index contributed by atoms with van der Waals surface area (Å²) in [6, 6.07) is 7.11. The van der Waals surface area contributed by atoms with E-state index in [9.17, 15) is 9.59 Å². The van der Waals surface area contributed by atoms with Crippen LogP contribution in [0.3, 0.4) is 0 Å². The smallest absolute Gasteiger partial charge is 0.449 e. The summed E-state index contributed by atoms with van der Waals surface area (Å²) in [6.07, 6.45) is 0.188. The van der Waals surface area contributed by atoms with Crippen molar-refractivity contribution in [3.8, 4) is 16.5 Å². The van der Waals surface area contributed by atoms with Crippen molar-refractivity contribution in [1.82, 2.24) is 25.2 Å². The number of carboxylic acid groups (broad SMARTS) is 1.